The van der Waals surface area contributed by atoms with E-state index in [1.54, 1.807) is 43.3 Å². The first kappa shape index (κ1) is 24.0. The summed E-state index contributed by atoms with van der Waals surface area (Å²) in [5.74, 6) is -1.65. The van der Waals surface area contributed by atoms with E-state index in [9.17, 15) is 18.0 Å². The summed E-state index contributed by atoms with van der Waals surface area (Å²) in [6.07, 6.45) is -7.29. The first-order valence-corrected chi connectivity index (χ1v) is 10.8. The lowest BCUT2D eigenvalue weighted by Crippen LogP contribution is -2.18. The van der Waals surface area contributed by atoms with Gasteiger partial charge in [-0.1, -0.05) is 41.4 Å². The first-order valence-electron chi connectivity index (χ1n) is 10.4. The van der Waals surface area contributed by atoms with Gasteiger partial charge in [0.15, 0.2) is 5.82 Å². The monoisotopic (exact) mass is 495 g/mol. The number of aryl methyl sites for hydroxylation is 1. The number of methoxy groups -OCH3 is 1. The SMILES string of the molecule is CCOC(=O)C[C@@H]1O[C@@H](c2cccc(OC)c2Cl)c2cc(C)ccc2-n2c1nnc2C(F)(F)F. The van der Waals surface area contributed by atoms with Crippen molar-refractivity contribution in [2.24, 2.45) is 0 Å². The fourth-order valence-electron chi connectivity index (χ4n) is 3.95. The second-order valence-electron chi connectivity index (χ2n) is 7.65. The molecule has 2 atom stereocenters. The van der Waals surface area contributed by atoms with E-state index in [0.29, 0.717) is 16.9 Å². The Labute approximate surface area is 198 Å². The number of halogens is 4. The summed E-state index contributed by atoms with van der Waals surface area (Å²) in [6.45, 7) is 3.55. The predicted molar refractivity (Wildman–Crippen MR) is 116 cm³/mol. The molecule has 0 unspecified atom stereocenters. The summed E-state index contributed by atoms with van der Waals surface area (Å²) in [4.78, 5) is 12.3. The molecule has 34 heavy (non-hydrogen) atoms. The molecule has 0 N–H and O–H groups in total. The largest absolute Gasteiger partial charge is 0.495 e. The van der Waals surface area contributed by atoms with Gasteiger partial charge in [-0.2, -0.15) is 13.2 Å². The molecule has 1 aliphatic rings. The van der Waals surface area contributed by atoms with Gasteiger partial charge in [-0.3, -0.25) is 9.36 Å². The third kappa shape index (κ3) is 4.35. The van der Waals surface area contributed by atoms with Crippen molar-refractivity contribution in [3.8, 4) is 11.4 Å². The fraction of sp³-hybridized carbons (Fsp3) is 0.348. The third-order valence-corrected chi connectivity index (χ3v) is 5.79. The number of aromatic nitrogens is 3. The normalized spacial score (nSPS) is 17.5. The van der Waals surface area contributed by atoms with E-state index in [-0.39, 0.29) is 29.6 Å². The minimum Gasteiger partial charge on any atom is -0.495 e. The molecule has 180 valence electrons. The smallest absolute Gasteiger partial charge is 0.452 e. The minimum atomic E-state index is -4.80. The number of rotatable bonds is 5. The van der Waals surface area contributed by atoms with Gasteiger partial charge in [-0.15, -0.1) is 10.2 Å². The Morgan fingerprint density at radius 2 is 1.97 bits per heavy atom. The van der Waals surface area contributed by atoms with Gasteiger partial charge < -0.3 is 14.2 Å². The van der Waals surface area contributed by atoms with Crippen LogP contribution in [-0.2, 0) is 20.4 Å². The average Bonchev–Trinajstić information content (AvgIpc) is 3.18. The summed E-state index contributed by atoms with van der Waals surface area (Å²) in [7, 11) is 1.46. The molecular weight excluding hydrogens is 475 g/mol. The summed E-state index contributed by atoms with van der Waals surface area (Å²) in [6, 6.07) is 9.99. The van der Waals surface area contributed by atoms with Crippen LogP contribution < -0.4 is 4.74 Å². The number of fused-ring (bicyclic) bond motifs is 3. The van der Waals surface area contributed by atoms with E-state index in [1.165, 1.54) is 7.11 Å². The van der Waals surface area contributed by atoms with Crippen molar-refractivity contribution in [1.82, 2.24) is 14.8 Å². The molecule has 2 aromatic carbocycles. The molecule has 2 heterocycles. The van der Waals surface area contributed by atoms with Crippen molar-refractivity contribution < 1.29 is 32.2 Å². The topological polar surface area (TPSA) is 75.5 Å². The van der Waals surface area contributed by atoms with Gasteiger partial charge in [-0.25, -0.2) is 0 Å². The molecule has 0 saturated carbocycles. The number of hydrogen-bond acceptors (Lipinski definition) is 6. The molecule has 0 aliphatic carbocycles. The maximum atomic E-state index is 13.9. The van der Waals surface area contributed by atoms with Crippen molar-refractivity contribution in [2.45, 2.75) is 38.7 Å². The summed E-state index contributed by atoms with van der Waals surface area (Å²) in [5.41, 5.74) is 1.84. The van der Waals surface area contributed by atoms with Crippen molar-refractivity contribution in [3.05, 3.63) is 69.8 Å². The van der Waals surface area contributed by atoms with E-state index in [2.05, 4.69) is 10.2 Å². The Bertz CT molecular complexity index is 1230. The van der Waals surface area contributed by atoms with E-state index in [0.717, 1.165) is 10.1 Å². The number of esters is 1. The molecular formula is C23H21ClF3N3O4. The number of carbonyl (C=O) groups excluding carboxylic acids is 1. The Balaban J connectivity index is 1.98. The van der Waals surface area contributed by atoms with E-state index < -0.39 is 30.2 Å². The molecule has 0 radical (unpaired) electrons. The van der Waals surface area contributed by atoms with E-state index >= 15 is 0 Å². The highest BCUT2D eigenvalue weighted by atomic mass is 35.5. The second kappa shape index (κ2) is 9.27. The molecule has 11 heteroatoms. The average molecular weight is 496 g/mol. The van der Waals surface area contributed by atoms with E-state index in [4.69, 9.17) is 25.8 Å². The lowest BCUT2D eigenvalue weighted by Gasteiger charge is -2.24. The lowest BCUT2D eigenvalue weighted by atomic mass is 9.97. The van der Waals surface area contributed by atoms with Gasteiger partial charge in [0.2, 0.25) is 5.82 Å². The van der Waals surface area contributed by atoms with Crippen LogP contribution in [0.3, 0.4) is 0 Å². The standard InChI is InChI=1S/C23H21ClF3N3O4/c1-4-33-18(31)11-17-21-28-29-22(23(25,26)27)30(21)15-9-8-12(2)10-14(15)20(34-17)13-6-5-7-16(32-3)19(13)24/h5-10,17,20H,4,11H2,1-3H3/t17-,20-/m0/s1. The molecule has 3 aromatic rings. The minimum absolute atomic E-state index is 0.108. The van der Waals surface area contributed by atoms with Crippen LogP contribution in [0.15, 0.2) is 36.4 Å². The Morgan fingerprint density at radius 3 is 2.65 bits per heavy atom. The number of carbonyl (C=O) groups is 1. The summed E-state index contributed by atoms with van der Waals surface area (Å²) < 4.78 is 59.3. The van der Waals surface area contributed by atoms with Crippen LogP contribution in [0.5, 0.6) is 5.75 Å². The highest BCUT2D eigenvalue weighted by Gasteiger charge is 2.43. The van der Waals surface area contributed by atoms with Gasteiger partial charge in [0, 0.05) is 11.1 Å². The Morgan fingerprint density at radius 1 is 1.21 bits per heavy atom. The number of benzene rings is 2. The fourth-order valence-corrected chi connectivity index (χ4v) is 4.25. The van der Waals surface area contributed by atoms with Gasteiger partial charge in [0.1, 0.15) is 18.0 Å². The molecule has 0 bridgehead atoms. The van der Waals surface area contributed by atoms with Crippen LogP contribution in [0, 0.1) is 6.92 Å². The molecule has 0 spiro atoms. The number of hydrogen-bond donors (Lipinski definition) is 0. The van der Waals surface area contributed by atoms with Gasteiger partial charge >= 0.3 is 12.1 Å². The molecule has 0 amide bonds. The van der Waals surface area contributed by atoms with Crippen molar-refractivity contribution >= 4 is 17.6 Å². The number of nitrogens with zero attached hydrogens (tertiary/aromatic N) is 3. The zero-order valence-corrected chi connectivity index (χ0v) is 19.3. The van der Waals surface area contributed by atoms with Crippen molar-refractivity contribution in [3.63, 3.8) is 0 Å². The summed E-state index contributed by atoms with van der Waals surface area (Å²) >= 11 is 6.58. The molecule has 0 saturated heterocycles. The maximum Gasteiger partial charge on any atom is 0.452 e. The molecule has 1 aliphatic heterocycles. The van der Waals surface area contributed by atoms with Crippen LogP contribution in [0.1, 0.15) is 53.9 Å². The van der Waals surface area contributed by atoms with Gasteiger partial charge in [-0.05, 0) is 26.0 Å². The van der Waals surface area contributed by atoms with Crippen LogP contribution >= 0.6 is 11.6 Å². The Hall–Kier alpha value is -3.11. The van der Waals surface area contributed by atoms with E-state index in [1.807, 2.05) is 6.92 Å². The first-order chi connectivity index (χ1) is 16.2. The predicted octanol–water partition coefficient (Wildman–Crippen LogP) is 5.37. The van der Waals surface area contributed by atoms with Gasteiger partial charge in [0.05, 0.1) is 30.8 Å². The van der Waals surface area contributed by atoms with Crippen molar-refractivity contribution in [2.75, 3.05) is 13.7 Å². The number of ether oxygens (including phenoxy) is 3. The summed E-state index contributed by atoms with van der Waals surface area (Å²) in [5, 5.41) is 7.42. The zero-order valence-electron chi connectivity index (χ0n) is 18.5. The molecule has 7 nitrogen and oxygen atoms in total. The van der Waals surface area contributed by atoms with Crippen LogP contribution in [0.2, 0.25) is 5.02 Å². The zero-order chi connectivity index (χ0) is 24.6. The van der Waals surface area contributed by atoms with Crippen LogP contribution in [0.25, 0.3) is 5.69 Å². The number of alkyl halides is 3. The van der Waals surface area contributed by atoms with Crippen LogP contribution in [0.4, 0.5) is 13.2 Å². The van der Waals surface area contributed by atoms with Gasteiger partial charge in [0.25, 0.3) is 0 Å². The molecule has 1 aromatic heterocycles. The Kier molecular flexibility index (Phi) is 6.55. The second-order valence-corrected chi connectivity index (χ2v) is 8.03. The highest BCUT2D eigenvalue weighted by Crippen LogP contribution is 2.46. The third-order valence-electron chi connectivity index (χ3n) is 5.39. The van der Waals surface area contributed by atoms with Crippen molar-refractivity contribution in [1.29, 1.82) is 0 Å². The quantitative estimate of drug-likeness (QED) is 0.443. The molecule has 0 fully saturated rings. The molecule has 4 rings (SSSR count). The lowest BCUT2D eigenvalue weighted by molar-refractivity contribution is -0.147. The maximum absolute atomic E-state index is 13.9. The highest BCUT2D eigenvalue weighted by molar-refractivity contribution is 6.32. The van der Waals surface area contributed by atoms with Crippen LogP contribution in [-0.4, -0.2) is 34.5 Å².